The molecule has 1 atom stereocenters. The standard InChI is InChI=1S/C19H20NO5/c1-14(21)20(24)17-10-8-16(9-11-17)19(23)25-13-18(22)12-7-15-5-3-2-4-6-15/h2-6,8-11,14,21H,7,12-13H2,1H3/q+1. The number of aryl methyl sites for hydroxylation is 1. The van der Waals surface area contributed by atoms with Crippen LogP contribution in [0, 0.1) is 4.91 Å². The maximum absolute atomic E-state index is 11.9. The van der Waals surface area contributed by atoms with E-state index in [1.807, 2.05) is 30.3 Å². The number of aliphatic hydroxyl groups excluding tert-OH is 1. The maximum atomic E-state index is 11.9. The van der Waals surface area contributed by atoms with E-state index >= 15 is 0 Å². The van der Waals surface area contributed by atoms with E-state index in [1.54, 1.807) is 0 Å². The molecule has 0 spiro atoms. The summed E-state index contributed by atoms with van der Waals surface area (Å²) in [5, 5.41) is 9.22. The van der Waals surface area contributed by atoms with Crippen LogP contribution in [0.2, 0.25) is 0 Å². The van der Waals surface area contributed by atoms with Gasteiger partial charge in [0.25, 0.3) is 5.69 Å². The van der Waals surface area contributed by atoms with Gasteiger partial charge in [-0.1, -0.05) is 30.3 Å². The zero-order valence-corrected chi connectivity index (χ0v) is 13.9. The zero-order chi connectivity index (χ0) is 18.2. The molecule has 2 aromatic carbocycles. The van der Waals surface area contributed by atoms with Crippen molar-refractivity contribution in [1.29, 1.82) is 0 Å². The molecule has 1 N–H and O–H groups in total. The number of nitroso groups, excluding NO2 is 1. The number of esters is 1. The molecule has 2 aromatic rings. The highest BCUT2D eigenvalue weighted by Crippen LogP contribution is 2.15. The second-order valence-electron chi connectivity index (χ2n) is 5.60. The SMILES string of the molecule is CC(O)[N+](=O)c1ccc(C(=O)OCC(=O)CCc2ccccc2)cc1. The van der Waals surface area contributed by atoms with Gasteiger partial charge in [0.1, 0.15) is 6.61 Å². The number of Topliss-reactive ketones (excluding diaryl/α,β-unsaturated/α-hetero) is 1. The lowest BCUT2D eigenvalue weighted by Gasteiger charge is -2.05. The lowest BCUT2D eigenvalue weighted by Crippen LogP contribution is -2.16. The third kappa shape index (κ3) is 5.61. The van der Waals surface area contributed by atoms with E-state index in [2.05, 4.69) is 0 Å². The van der Waals surface area contributed by atoms with Crippen LogP contribution in [0.5, 0.6) is 0 Å². The average Bonchev–Trinajstić information content (AvgIpc) is 2.64. The van der Waals surface area contributed by atoms with Crippen LogP contribution in [0.4, 0.5) is 5.69 Å². The van der Waals surface area contributed by atoms with E-state index in [1.165, 1.54) is 31.2 Å². The van der Waals surface area contributed by atoms with Crippen LogP contribution >= 0.6 is 0 Å². The molecule has 0 saturated carbocycles. The molecule has 0 fully saturated rings. The number of ether oxygens (including phenoxy) is 1. The van der Waals surface area contributed by atoms with Crippen molar-refractivity contribution in [3.63, 3.8) is 0 Å². The van der Waals surface area contributed by atoms with Crippen molar-refractivity contribution in [3.8, 4) is 0 Å². The van der Waals surface area contributed by atoms with Crippen molar-refractivity contribution in [2.75, 3.05) is 6.61 Å². The van der Waals surface area contributed by atoms with Gasteiger partial charge in [0, 0.05) is 30.4 Å². The Morgan fingerprint density at radius 3 is 2.32 bits per heavy atom. The molecule has 2 rings (SSSR count). The Labute approximate surface area is 145 Å². The largest absolute Gasteiger partial charge is 0.454 e. The van der Waals surface area contributed by atoms with Crippen LogP contribution in [0.1, 0.15) is 29.3 Å². The van der Waals surface area contributed by atoms with Crippen molar-refractivity contribution >= 4 is 17.4 Å². The summed E-state index contributed by atoms with van der Waals surface area (Å²) in [4.78, 5) is 35.3. The van der Waals surface area contributed by atoms with E-state index in [0.717, 1.165) is 5.56 Å². The molecule has 0 saturated heterocycles. The number of hydrogen-bond acceptors (Lipinski definition) is 5. The van der Waals surface area contributed by atoms with Crippen molar-refractivity contribution in [2.24, 2.45) is 0 Å². The maximum Gasteiger partial charge on any atom is 0.338 e. The Kier molecular flexibility index (Phi) is 6.54. The molecule has 0 radical (unpaired) electrons. The zero-order valence-electron chi connectivity index (χ0n) is 13.9. The van der Waals surface area contributed by atoms with E-state index in [4.69, 9.17) is 4.74 Å². The molecule has 0 bridgehead atoms. The van der Waals surface area contributed by atoms with Gasteiger partial charge in [0.05, 0.1) is 10.3 Å². The summed E-state index contributed by atoms with van der Waals surface area (Å²) >= 11 is 0. The first-order valence-electron chi connectivity index (χ1n) is 7.94. The molecular weight excluding hydrogens is 322 g/mol. The number of carbonyl (C=O) groups excluding carboxylic acids is 2. The molecule has 130 valence electrons. The summed E-state index contributed by atoms with van der Waals surface area (Å²) in [5.41, 5.74) is 1.52. The molecular formula is C19H20NO5+. The van der Waals surface area contributed by atoms with Crippen LogP contribution in [0.15, 0.2) is 54.6 Å². The molecule has 0 amide bonds. The molecule has 0 aliphatic carbocycles. The molecule has 0 heterocycles. The minimum absolute atomic E-state index is 0.159. The fraction of sp³-hybridized carbons (Fsp3) is 0.263. The van der Waals surface area contributed by atoms with Crippen LogP contribution in [-0.2, 0) is 16.0 Å². The summed E-state index contributed by atoms with van der Waals surface area (Å²) in [7, 11) is 0. The van der Waals surface area contributed by atoms with Crippen LogP contribution in [0.3, 0.4) is 0 Å². The summed E-state index contributed by atoms with van der Waals surface area (Å²) in [6.45, 7) is 1.06. The monoisotopic (exact) mass is 342 g/mol. The predicted octanol–water partition coefficient (Wildman–Crippen LogP) is 2.79. The molecule has 0 aliphatic heterocycles. The Balaban J connectivity index is 1.81. The smallest absolute Gasteiger partial charge is 0.338 e. The Bertz CT molecular complexity index is 738. The topological polar surface area (TPSA) is 83.7 Å². The van der Waals surface area contributed by atoms with Gasteiger partial charge in [-0.15, -0.1) is 0 Å². The lowest BCUT2D eigenvalue weighted by molar-refractivity contribution is -0.550. The highest BCUT2D eigenvalue weighted by atomic mass is 16.5. The van der Waals surface area contributed by atoms with Gasteiger partial charge < -0.3 is 9.84 Å². The number of rotatable bonds is 8. The summed E-state index contributed by atoms with van der Waals surface area (Å²) in [6, 6.07) is 15.3. The number of nitrogens with zero attached hydrogens (tertiary/aromatic N) is 1. The minimum atomic E-state index is -1.18. The third-order valence-electron chi connectivity index (χ3n) is 3.60. The first-order chi connectivity index (χ1) is 12.0. The average molecular weight is 342 g/mol. The number of aliphatic hydroxyl groups is 1. The highest BCUT2D eigenvalue weighted by molar-refractivity contribution is 5.91. The fourth-order valence-electron chi connectivity index (χ4n) is 2.19. The number of carbonyl (C=O) groups is 2. The number of benzene rings is 2. The molecule has 6 heteroatoms. The minimum Gasteiger partial charge on any atom is -0.454 e. The van der Waals surface area contributed by atoms with E-state index in [9.17, 15) is 19.6 Å². The van der Waals surface area contributed by atoms with E-state index < -0.39 is 12.2 Å². The highest BCUT2D eigenvalue weighted by Gasteiger charge is 2.20. The van der Waals surface area contributed by atoms with Crippen LogP contribution in [-0.4, -0.2) is 34.5 Å². The number of hydrogen-bond donors (Lipinski definition) is 1. The normalized spacial score (nSPS) is 11.6. The van der Waals surface area contributed by atoms with Gasteiger partial charge >= 0.3 is 12.2 Å². The van der Waals surface area contributed by atoms with Crippen molar-refractivity contribution < 1.29 is 24.2 Å². The molecule has 25 heavy (non-hydrogen) atoms. The van der Waals surface area contributed by atoms with Crippen LogP contribution in [0.25, 0.3) is 0 Å². The Hall–Kier alpha value is -2.86. The third-order valence-corrected chi connectivity index (χ3v) is 3.60. The summed E-state index contributed by atoms with van der Waals surface area (Å²) in [6.07, 6.45) is -0.277. The molecule has 6 nitrogen and oxygen atoms in total. The van der Waals surface area contributed by atoms with Gasteiger partial charge in [-0.2, -0.15) is 0 Å². The van der Waals surface area contributed by atoms with Crippen molar-refractivity contribution in [1.82, 2.24) is 0 Å². The van der Waals surface area contributed by atoms with E-state index in [0.29, 0.717) is 17.6 Å². The van der Waals surface area contributed by atoms with Crippen LogP contribution < -0.4 is 0 Å². The lowest BCUT2D eigenvalue weighted by atomic mass is 10.1. The summed E-state index contributed by atoms with van der Waals surface area (Å²) < 4.78 is 5.42. The predicted molar refractivity (Wildman–Crippen MR) is 91.5 cm³/mol. The Morgan fingerprint density at radius 2 is 1.72 bits per heavy atom. The molecule has 1 unspecified atom stereocenters. The van der Waals surface area contributed by atoms with Gasteiger partial charge in [-0.25, -0.2) is 4.79 Å². The van der Waals surface area contributed by atoms with Gasteiger partial charge in [0.2, 0.25) is 0 Å². The summed E-state index contributed by atoms with van der Waals surface area (Å²) in [5.74, 6) is -0.789. The fourth-order valence-corrected chi connectivity index (χ4v) is 2.19. The number of ketones is 1. The first kappa shape index (κ1) is 18.5. The second kappa shape index (κ2) is 8.84. The van der Waals surface area contributed by atoms with E-state index in [-0.39, 0.29) is 23.6 Å². The Morgan fingerprint density at radius 1 is 1.08 bits per heavy atom. The molecule has 0 aliphatic rings. The van der Waals surface area contributed by atoms with Crippen molar-refractivity contribution in [2.45, 2.75) is 26.0 Å². The quantitative estimate of drug-likeness (QED) is 0.453. The van der Waals surface area contributed by atoms with Gasteiger partial charge in [0.15, 0.2) is 5.78 Å². The van der Waals surface area contributed by atoms with Gasteiger partial charge in [-0.3, -0.25) is 4.79 Å². The van der Waals surface area contributed by atoms with Crippen molar-refractivity contribution in [3.05, 3.63) is 70.6 Å². The molecule has 0 aromatic heterocycles. The first-order valence-corrected chi connectivity index (χ1v) is 7.94. The second-order valence-corrected chi connectivity index (χ2v) is 5.60. The van der Waals surface area contributed by atoms with Gasteiger partial charge in [-0.05, 0) is 24.1 Å².